The largest absolute Gasteiger partial charge is 0.388 e. The van der Waals surface area contributed by atoms with Crippen LogP contribution in [0.3, 0.4) is 0 Å². The van der Waals surface area contributed by atoms with Crippen molar-refractivity contribution >= 4 is 11.5 Å². The van der Waals surface area contributed by atoms with Crippen molar-refractivity contribution < 1.29 is 5.11 Å². The monoisotopic (exact) mass is 249 g/mol. The van der Waals surface area contributed by atoms with E-state index in [4.69, 9.17) is 5.73 Å². The second kappa shape index (κ2) is 5.57. The molecule has 1 aliphatic carbocycles. The molecule has 0 bridgehead atoms. The van der Waals surface area contributed by atoms with Gasteiger partial charge < -0.3 is 16.2 Å². The fraction of sp³-hybridized carbons (Fsp3) is 0.643. The fourth-order valence-electron chi connectivity index (χ4n) is 2.63. The summed E-state index contributed by atoms with van der Waals surface area (Å²) in [5.41, 5.74) is 5.99. The summed E-state index contributed by atoms with van der Waals surface area (Å²) < 4.78 is 0. The zero-order chi connectivity index (χ0) is 13.0. The van der Waals surface area contributed by atoms with Crippen LogP contribution in [0.25, 0.3) is 0 Å². The van der Waals surface area contributed by atoms with Crippen molar-refractivity contribution in [2.24, 2.45) is 5.92 Å². The van der Waals surface area contributed by atoms with E-state index < -0.39 is 5.60 Å². The Hall–Kier alpha value is -1.29. The second-order valence-corrected chi connectivity index (χ2v) is 5.37. The van der Waals surface area contributed by atoms with Gasteiger partial charge in [0.15, 0.2) is 0 Å². The topological polar surface area (TPSA) is 71.2 Å². The molecule has 0 radical (unpaired) electrons. The van der Waals surface area contributed by atoms with Crippen molar-refractivity contribution in [2.75, 3.05) is 17.6 Å². The number of nitrogens with one attached hydrogen (secondary N) is 1. The Morgan fingerprint density at radius 3 is 2.83 bits per heavy atom. The zero-order valence-corrected chi connectivity index (χ0v) is 11.0. The van der Waals surface area contributed by atoms with Crippen molar-refractivity contribution in [1.82, 2.24) is 4.98 Å². The SMILES string of the molecule is CCC1CCC(O)(CNc2cccnc2N)CC1. The van der Waals surface area contributed by atoms with Gasteiger partial charge in [0.25, 0.3) is 0 Å². The van der Waals surface area contributed by atoms with Gasteiger partial charge in [0.1, 0.15) is 5.82 Å². The number of aromatic nitrogens is 1. The Balaban J connectivity index is 1.88. The highest BCUT2D eigenvalue weighted by molar-refractivity contribution is 5.60. The smallest absolute Gasteiger partial charge is 0.146 e. The van der Waals surface area contributed by atoms with Gasteiger partial charge in [-0.2, -0.15) is 0 Å². The lowest BCUT2D eigenvalue weighted by atomic mass is 9.78. The first-order chi connectivity index (χ1) is 8.63. The van der Waals surface area contributed by atoms with Gasteiger partial charge in [-0.15, -0.1) is 0 Å². The third kappa shape index (κ3) is 3.13. The minimum absolute atomic E-state index is 0.489. The third-order valence-corrected chi connectivity index (χ3v) is 4.06. The van der Waals surface area contributed by atoms with Crippen molar-refractivity contribution in [3.05, 3.63) is 18.3 Å². The van der Waals surface area contributed by atoms with Gasteiger partial charge in [-0.25, -0.2) is 4.98 Å². The highest BCUT2D eigenvalue weighted by Gasteiger charge is 2.32. The molecule has 0 aliphatic heterocycles. The maximum Gasteiger partial charge on any atom is 0.146 e. The predicted molar refractivity (Wildman–Crippen MR) is 74.3 cm³/mol. The van der Waals surface area contributed by atoms with Gasteiger partial charge in [0, 0.05) is 12.7 Å². The molecule has 0 atom stereocenters. The van der Waals surface area contributed by atoms with Crippen LogP contribution >= 0.6 is 0 Å². The van der Waals surface area contributed by atoms with E-state index in [0.29, 0.717) is 12.4 Å². The molecule has 0 saturated heterocycles. The first-order valence-electron chi connectivity index (χ1n) is 6.80. The Labute approximate surface area is 109 Å². The van der Waals surface area contributed by atoms with E-state index in [9.17, 15) is 5.11 Å². The van der Waals surface area contributed by atoms with Crippen LogP contribution in [0.2, 0.25) is 0 Å². The summed E-state index contributed by atoms with van der Waals surface area (Å²) in [5, 5.41) is 13.7. The lowest BCUT2D eigenvalue weighted by molar-refractivity contribution is 0.00230. The number of rotatable bonds is 4. The molecule has 1 heterocycles. The Morgan fingerprint density at radius 1 is 1.50 bits per heavy atom. The number of hydrogen-bond acceptors (Lipinski definition) is 4. The molecule has 2 rings (SSSR count). The highest BCUT2D eigenvalue weighted by Crippen LogP contribution is 2.34. The average molecular weight is 249 g/mol. The maximum absolute atomic E-state index is 10.5. The van der Waals surface area contributed by atoms with Crippen molar-refractivity contribution in [1.29, 1.82) is 0 Å². The number of pyridine rings is 1. The molecule has 1 aliphatic rings. The average Bonchev–Trinajstić information content (AvgIpc) is 2.39. The lowest BCUT2D eigenvalue weighted by Crippen LogP contribution is -2.40. The molecule has 4 heteroatoms. The van der Waals surface area contributed by atoms with Crippen LogP contribution in [0.4, 0.5) is 11.5 Å². The van der Waals surface area contributed by atoms with Gasteiger partial charge in [-0.3, -0.25) is 0 Å². The number of nitrogens with two attached hydrogens (primary N) is 1. The van der Waals surface area contributed by atoms with E-state index in [0.717, 1.165) is 37.3 Å². The van der Waals surface area contributed by atoms with Crippen LogP contribution in [0, 0.1) is 5.92 Å². The van der Waals surface area contributed by atoms with E-state index in [1.807, 2.05) is 12.1 Å². The van der Waals surface area contributed by atoms with E-state index in [2.05, 4.69) is 17.2 Å². The molecule has 4 nitrogen and oxygen atoms in total. The molecule has 18 heavy (non-hydrogen) atoms. The Bertz CT molecular complexity index is 386. The molecule has 0 aromatic carbocycles. The van der Waals surface area contributed by atoms with Crippen LogP contribution in [-0.2, 0) is 0 Å². The van der Waals surface area contributed by atoms with Gasteiger partial charge >= 0.3 is 0 Å². The van der Waals surface area contributed by atoms with E-state index in [1.54, 1.807) is 6.20 Å². The van der Waals surface area contributed by atoms with Crippen molar-refractivity contribution in [3.63, 3.8) is 0 Å². The number of hydrogen-bond donors (Lipinski definition) is 3. The molecular formula is C14H23N3O. The number of nitrogen functional groups attached to an aromatic ring is 1. The zero-order valence-electron chi connectivity index (χ0n) is 11.0. The predicted octanol–water partition coefficient (Wildman–Crippen LogP) is 2.41. The summed E-state index contributed by atoms with van der Waals surface area (Å²) in [7, 11) is 0. The molecule has 1 aromatic rings. The van der Waals surface area contributed by atoms with Crippen molar-refractivity contribution in [2.45, 2.75) is 44.6 Å². The molecular weight excluding hydrogens is 226 g/mol. The van der Waals surface area contributed by atoms with Crippen LogP contribution in [0.15, 0.2) is 18.3 Å². The molecule has 100 valence electrons. The summed E-state index contributed by atoms with van der Waals surface area (Å²) in [6.45, 7) is 2.78. The molecule has 4 N–H and O–H groups in total. The maximum atomic E-state index is 10.5. The minimum Gasteiger partial charge on any atom is -0.388 e. The normalized spacial score (nSPS) is 28.0. The van der Waals surface area contributed by atoms with Crippen LogP contribution in [-0.4, -0.2) is 22.2 Å². The van der Waals surface area contributed by atoms with E-state index in [1.165, 1.54) is 6.42 Å². The minimum atomic E-state index is -0.589. The van der Waals surface area contributed by atoms with Gasteiger partial charge in [-0.1, -0.05) is 13.3 Å². The Kier molecular flexibility index (Phi) is 4.07. The van der Waals surface area contributed by atoms with Gasteiger partial charge in [0.05, 0.1) is 11.3 Å². The summed E-state index contributed by atoms with van der Waals surface area (Å²) in [4.78, 5) is 4.02. The van der Waals surface area contributed by atoms with E-state index in [-0.39, 0.29) is 0 Å². The lowest BCUT2D eigenvalue weighted by Gasteiger charge is -2.36. The Morgan fingerprint density at radius 2 is 2.22 bits per heavy atom. The number of nitrogens with zero attached hydrogens (tertiary/aromatic N) is 1. The van der Waals surface area contributed by atoms with Crippen LogP contribution in [0.1, 0.15) is 39.0 Å². The first kappa shape index (κ1) is 13.1. The van der Waals surface area contributed by atoms with Crippen molar-refractivity contribution in [3.8, 4) is 0 Å². The summed E-state index contributed by atoms with van der Waals surface area (Å²) in [6.07, 6.45) is 6.88. The molecule has 0 spiro atoms. The summed E-state index contributed by atoms with van der Waals surface area (Å²) in [5.74, 6) is 1.28. The standard InChI is InChI=1S/C14H23N3O/c1-2-11-5-7-14(18,8-6-11)10-17-12-4-3-9-16-13(12)15/h3-4,9,11,17-18H,2,5-8,10H2,1H3,(H2,15,16). The van der Waals surface area contributed by atoms with E-state index >= 15 is 0 Å². The van der Waals surface area contributed by atoms with Crippen LogP contribution < -0.4 is 11.1 Å². The quantitative estimate of drug-likeness (QED) is 0.766. The molecule has 1 saturated carbocycles. The van der Waals surface area contributed by atoms with Gasteiger partial charge in [-0.05, 0) is 43.7 Å². The molecule has 1 aromatic heterocycles. The molecule has 1 fully saturated rings. The summed E-state index contributed by atoms with van der Waals surface area (Å²) in [6, 6.07) is 3.74. The fourth-order valence-corrected chi connectivity index (χ4v) is 2.63. The van der Waals surface area contributed by atoms with Gasteiger partial charge in [0.2, 0.25) is 0 Å². The van der Waals surface area contributed by atoms with Crippen LogP contribution in [0.5, 0.6) is 0 Å². The third-order valence-electron chi connectivity index (χ3n) is 4.06. The number of anilines is 2. The summed E-state index contributed by atoms with van der Waals surface area (Å²) >= 11 is 0. The number of aliphatic hydroxyl groups is 1. The molecule has 0 amide bonds. The first-order valence-corrected chi connectivity index (χ1v) is 6.80. The molecule has 0 unspecified atom stereocenters. The highest BCUT2D eigenvalue weighted by atomic mass is 16.3. The second-order valence-electron chi connectivity index (χ2n) is 5.37.